The molecular formula is C19H17N3O3S. The molecule has 7 heteroatoms. The number of amides is 1. The first-order valence-electron chi connectivity index (χ1n) is 8.12. The Morgan fingerprint density at radius 1 is 1.23 bits per heavy atom. The fourth-order valence-electron chi connectivity index (χ4n) is 3.02. The van der Waals surface area contributed by atoms with Gasteiger partial charge in [-0.05, 0) is 36.2 Å². The number of nitrogens with one attached hydrogen (secondary N) is 1. The van der Waals surface area contributed by atoms with Crippen LogP contribution in [0, 0.1) is 6.92 Å². The predicted octanol–water partition coefficient (Wildman–Crippen LogP) is 4.04. The SMILES string of the molecule is COc1cccc([C@H]2OC(=O)N[C@@H]2c2cncc(-c3csc(C)n3)c2)c1. The lowest BCUT2D eigenvalue weighted by Crippen LogP contribution is -2.19. The average molecular weight is 367 g/mol. The van der Waals surface area contributed by atoms with Gasteiger partial charge in [0.15, 0.2) is 6.10 Å². The number of pyridine rings is 1. The summed E-state index contributed by atoms with van der Waals surface area (Å²) in [6, 6.07) is 9.19. The maximum atomic E-state index is 11.9. The highest BCUT2D eigenvalue weighted by Crippen LogP contribution is 2.38. The van der Waals surface area contributed by atoms with Crippen LogP contribution in [-0.2, 0) is 4.74 Å². The molecule has 0 saturated carbocycles. The van der Waals surface area contributed by atoms with Crippen LogP contribution in [-0.4, -0.2) is 23.2 Å². The van der Waals surface area contributed by atoms with E-state index < -0.39 is 12.2 Å². The van der Waals surface area contributed by atoms with Crippen molar-refractivity contribution in [2.45, 2.75) is 19.1 Å². The fourth-order valence-corrected chi connectivity index (χ4v) is 3.64. The van der Waals surface area contributed by atoms with Gasteiger partial charge in [0.05, 0.1) is 17.8 Å². The third-order valence-electron chi connectivity index (χ3n) is 4.27. The van der Waals surface area contributed by atoms with Crippen LogP contribution in [0.25, 0.3) is 11.3 Å². The summed E-state index contributed by atoms with van der Waals surface area (Å²) in [5, 5.41) is 5.88. The molecule has 4 rings (SSSR count). The van der Waals surface area contributed by atoms with Crippen LogP contribution in [0.3, 0.4) is 0 Å². The third-order valence-corrected chi connectivity index (χ3v) is 5.04. The second kappa shape index (κ2) is 6.76. The van der Waals surface area contributed by atoms with Gasteiger partial charge in [-0.1, -0.05) is 12.1 Å². The lowest BCUT2D eigenvalue weighted by Gasteiger charge is -2.18. The van der Waals surface area contributed by atoms with Crippen molar-refractivity contribution in [2.24, 2.45) is 0 Å². The van der Waals surface area contributed by atoms with Crippen molar-refractivity contribution in [1.29, 1.82) is 0 Å². The number of methoxy groups -OCH3 is 1. The first-order valence-corrected chi connectivity index (χ1v) is 9.00. The minimum absolute atomic E-state index is 0.332. The molecule has 1 N–H and O–H groups in total. The molecule has 6 nitrogen and oxygen atoms in total. The van der Waals surface area contributed by atoms with Gasteiger partial charge in [-0.25, -0.2) is 9.78 Å². The molecule has 0 spiro atoms. The fraction of sp³-hybridized carbons (Fsp3) is 0.211. The lowest BCUT2D eigenvalue weighted by atomic mass is 9.96. The molecule has 1 aliphatic heterocycles. The number of aryl methyl sites for hydroxylation is 1. The summed E-state index contributed by atoms with van der Waals surface area (Å²) >= 11 is 1.59. The van der Waals surface area contributed by atoms with Crippen molar-refractivity contribution >= 4 is 17.4 Å². The number of hydrogen-bond acceptors (Lipinski definition) is 6. The Hall–Kier alpha value is -2.93. The quantitative estimate of drug-likeness (QED) is 0.753. The Labute approximate surface area is 154 Å². The maximum Gasteiger partial charge on any atom is 0.408 e. The Morgan fingerprint density at radius 2 is 2.12 bits per heavy atom. The molecule has 1 amide bonds. The molecular weight excluding hydrogens is 350 g/mol. The van der Waals surface area contributed by atoms with E-state index in [1.807, 2.05) is 42.6 Å². The first-order chi connectivity index (χ1) is 12.6. The number of hydrogen-bond donors (Lipinski definition) is 1. The van der Waals surface area contributed by atoms with Crippen LogP contribution < -0.4 is 10.1 Å². The van der Waals surface area contributed by atoms with E-state index in [2.05, 4.69) is 15.3 Å². The number of nitrogens with zero attached hydrogens (tertiary/aromatic N) is 2. The van der Waals surface area contributed by atoms with Crippen LogP contribution >= 0.6 is 11.3 Å². The molecule has 3 heterocycles. The maximum absolute atomic E-state index is 11.9. The van der Waals surface area contributed by atoms with E-state index in [4.69, 9.17) is 9.47 Å². The summed E-state index contributed by atoms with van der Waals surface area (Å²) in [6.45, 7) is 1.97. The number of rotatable bonds is 4. The number of cyclic esters (lactones) is 1. The zero-order valence-electron chi connectivity index (χ0n) is 14.3. The summed E-state index contributed by atoms with van der Waals surface area (Å²) in [6.07, 6.45) is 2.62. The highest BCUT2D eigenvalue weighted by atomic mass is 32.1. The lowest BCUT2D eigenvalue weighted by molar-refractivity contribution is 0.132. The Bertz CT molecular complexity index is 956. The summed E-state index contributed by atoms with van der Waals surface area (Å²) < 4.78 is 10.8. The molecule has 3 aromatic rings. The second-order valence-corrected chi connectivity index (χ2v) is 7.05. The molecule has 2 atom stereocenters. The van der Waals surface area contributed by atoms with Crippen molar-refractivity contribution in [3.8, 4) is 17.0 Å². The third kappa shape index (κ3) is 3.13. The molecule has 26 heavy (non-hydrogen) atoms. The standard InChI is InChI=1S/C19H17N3O3S/c1-11-21-16(10-26-11)13-6-14(9-20-8-13)17-18(25-19(23)22-17)12-4-3-5-15(7-12)24-2/h3-10,17-18H,1-2H3,(H,22,23)/t17-,18-/m1/s1. The van der Waals surface area contributed by atoms with Crippen molar-refractivity contribution in [1.82, 2.24) is 15.3 Å². The van der Waals surface area contributed by atoms with Crippen LogP contribution in [0.2, 0.25) is 0 Å². The summed E-state index contributed by atoms with van der Waals surface area (Å²) in [7, 11) is 1.61. The number of ether oxygens (including phenoxy) is 2. The van der Waals surface area contributed by atoms with Gasteiger partial charge in [-0.15, -0.1) is 11.3 Å². The zero-order chi connectivity index (χ0) is 18.1. The van der Waals surface area contributed by atoms with Crippen LogP contribution in [0.15, 0.2) is 48.1 Å². The molecule has 132 valence electrons. The molecule has 0 unspecified atom stereocenters. The molecule has 1 aliphatic rings. The Morgan fingerprint density at radius 3 is 2.88 bits per heavy atom. The molecule has 1 aromatic carbocycles. The molecule has 0 aliphatic carbocycles. The monoisotopic (exact) mass is 367 g/mol. The van der Waals surface area contributed by atoms with Crippen molar-refractivity contribution in [2.75, 3.05) is 7.11 Å². The topological polar surface area (TPSA) is 73.3 Å². The van der Waals surface area contributed by atoms with E-state index in [1.54, 1.807) is 30.8 Å². The number of carbonyl (C=O) groups excluding carboxylic acids is 1. The van der Waals surface area contributed by atoms with E-state index in [0.717, 1.165) is 27.4 Å². The van der Waals surface area contributed by atoms with E-state index >= 15 is 0 Å². The smallest absolute Gasteiger partial charge is 0.408 e. The summed E-state index contributed by atoms with van der Waals surface area (Å²) in [5.74, 6) is 0.717. The largest absolute Gasteiger partial charge is 0.497 e. The van der Waals surface area contributed by atoms with Gasteiger partial charge in [0.2, 0.25) is 0 Å². The van der Waals surface area contributed by atoms with Gasteiger partial charge in [0, 0.05) is 23.3 Å². The number of carbonyl (C=O) groups is 1. The molecule has 1 fully saturated rings. The Kier molecular flexibility index (Phi) is 4.30. The zero-order valence-corrected chi connectivity index (χ0v) is 15.1. The van der Waals surface area contributed by atoms with Crippen molar-refractivity contribution < 1.29 is 14.3 Å². The van der Waals surface area contributed by atoms with Gasteiger partial charge >= 0.3 is 6.09 Å². The van der Waals surface area contributed by atoms with Gasteiger partial charge in [0.25, 0.3) is 0 Å². The van der Waals surface area contributed by atoms with Crippen molar-refractivity contribution in [3.05, 3.63) is 64.2 Å². The number of benzene rings is 1. The first kappa shape index (κ1) is 16.5. The van der Waals surface area contributed by atoms with Crippen LogP contribution in [0.4, 0.5) is 4.79 Å². The molecule has 1 saturated heterocycles. The highest BCUT2D eigenvalue weighted by Gasteiger charge is 2.37. The average Bonchev–Trinajstić information content (AvgIpc) is 3.28. The van der Waals surface area contributed by atoms with Crippen molar-refractivity contribution in [3.63, 3.8) is 0 Å². The van der Waals surface area contributed by atoms with E-state index in [0.29, 0.717) is 5.75 Å². The van der Waals surface area contributed by atoms with Gasteiger partial charge in [-0.3, -0.25) is 4.98 Å². The van der Waals surface area contributed by atoms with Crippen LogP contribution in [0.1, 0.15) is 28.3 Å². The normalized spacial score (nSPS) is 19.1. The highest BCUT2D eigenvalue weighted by molar-refractivity contribution is 7.09. The molecule has 2 aromatic heterocycles. The summed E-state index contributed by atoms with van der Waals surface area (Å²) in [5.41, 5.74) is 3.52. The number of alkyl carbamates (subject to hydrolysis) is 1. The summed E-state index contributed by atoms with van der Waals surface area (Å²) in [4.78, 5) is 20.8. The molecule has 0 radical (unpaired) electrons. The van der Waals surface area contributed by atoms with Crippen LogP contribution in [0.5, 0.6) is 5.75 Å². The number of aromatic nitrogens is 2. The minimum Gasteiger partial charge on any atom is -0.497 e. The van der Waals surface area contributed by atoms with E-state index in [9.17, 15) is 4.79 Å². The van der Waals surface area contributed by atoms with Gasteiger partial charge in [-0.2, -0.15) is 0 Å². The molecule has 0 bridgehead atoms. The van der Waals surface area contributed by atoms with Gasteiger partial charge in [0.1, 0.15) is 11.8 Å². The van der Waals surface area contributed by atoms with E-state index in [-0.39, 0.29) is 6.04 Å². The van der Waals surface area contributed by atoms with E-state index in [1.165, 1.54) is 0 Å². The minimum atomic E-state index is -0.452. The Balaban J connectivity index is 1.70. The number of thiazole rings is 1. The predicted molar refractivity (Wildman–Crippen MR) is 98.2 cm³/mol. The van der Waals surface area contributed by atoms with Gasteiger partial charge < -0.3 is 14.8 Å². The second-order valence-electron chi connectivity index (χ2n) is 5.98.